The number of carbonyl (C=O) groups is 1. The molecule has 1 amide bonds. The highest BCUT2D eigenvalue weighted by Crippen LogP contribution is 2.46. The van der Waals surface area contributed by atoms with E-state index >= 15 is 0 Å². The molecular formula is C21H18N2O2. The first-order chi connectivity index (χ1) is 12.3. The lowest BCUT2D eigenvalue weighted by Gasteiger charge is -2.23. The average Bonchev–Trinajstić information content (AvgIpc) is 2.82. The molecule has 3 heterocycles. The number of amidine groups is 1. The van der Waals surface area contributed by atoms with Gasteiger partial charge in [0, 0.05) is 29.7 Å². The van der Waals surface area contributed by atoms with Crippen molar-refractivity contribution in [2.45, 2.75) is 25.7 Å². The summed E-state index contributed by atoms with van der Waals surface area (Å²) in [5.74, 6) is 2.50. The molecule has 0 unspecified atom stereocenters. The number of hydrogen-bond acceptors (Lipinski definition) is 3. The van der Waals surface area contributed by atoms with Crippen molar-refractivity contribution in [3.05, 3.63) is 65.4 Å². The number of hydrogen-bond donors (Lipinski definition) is 0. The Kier molecular flexibility index (Phi) is 3.23. The SMILES string of the molecule is O=C1C(=C2c3ccccc3Oc3ccccc32)N=C2CCCCCN12. The maximum absolute atomic E-state index is 13.1. The van der Waals surface area contributed by atoms with Gasteiger partial charge in [0.15, 0.2) is 0 Å². The minimum Gasteiger partial charge on any atom is -0.456 e. The van der Waals surface area contributed by atoms with Gasteiger partial charge in [-0.2, -0.15) is 0 Å². The number of para-hydroxylation sites is 2. The van der Waals surface area contributed by atoms with E-state index in [0.717, 1.165) is 66.3 Å². The van der Waals surface area contributed by atoms with Gasteiger partial charge in [0.2, 0.25) is 0 Å². The van der Waals surface area contributed by atoms with Crippen molar-refractivity contribution in [1.82, 2.24) is 4.90 Å². The summed E-state index contributed by atoms with van der Waals surface area (Å²) in [6.45, 7) is 0.772. The van der Waals surface area contributed by atoms with E-state index in [1.807, 2.05) is 53.4 Å². The maximum atomic E-state index is 13.1. The first-order valence-electron chi connectivity index (χ1n) is 8.83. The summed E-state index contributed by atoms with van der Waals surface area (Å²) in [6.07, 6.45) is 4.18. The van der Waals surface area contributed by atoms with Crippen molar-refractivity contribution < 1.29 is 9.53 Å². The maximum Gasteiger partial charge on any atom is 0.278 e. The lowest BCUT2D eigenvalue weighted by Crippen LogP contribution is -2.31. The zero-order valence-electron chi connectivity index (χ0n) is 13.9. The standard InChI is InChI=1S/C21H18N2O2/c24-21-20(22-18-12-2-1-7-13-23(18)21)19-14-8-3-5-10-16(14)25-17-11-6-4-9-15(17)19/h3-6,8-11H,1-2,7,12-13H2. The number of rotatable bonds is 0. The molecular weight excluding hydrogens is 312 g/mol. The smallest absolute Gasteiger partial charge is 0.278 e. The Bertz CT molecular complexity index is 895. The van der Waals surface area contributed by atoms with E-state index in [0.29, 0.717) is 5.70 Å². The lowest BCUT2D eigenvalue weighted by molar-refractivity contribution is -0.122. The number of nitrogens with zero attached hydrogens (tertiary/aromatic N) is 2. The lowest BCUT2D eigenvalue weighted by atomic mass is 9.92. The van der Waals surface area contributed by atoms with Crippen LogP contribution in [0.25, 0.3) is 5.57 Å². The fourth-order valence-electron chi connectivity index (χ4n) is 3.84. The van der Waals surface area contributed by atoms with E-state index in [9.17, 15) is 4.79 Å². The third-order valence-corrected chi connectivity index (χ3v) is 5.05. The Labute approximate surface area is 146 Å². The van der Waals surface area contributed by atoms with Gasteiger partial charge in [0.05, 0.1) is 0 Å². The van der Waals surface area contributed by atoms with Crippen molar-refractivity contribution in [3.8, 4) is 11.5 Å². The molecule has 0 atom stereocenters. The molecule has 0 aliphatic carbocycles. The van der Waals surface area contributed by atoms with Gasteiger partial charge in [0.1, 0.15) is 23.0 Å². The van der Waals surface area contributed by atoms with E-state index < -0.39 is 0 Å². The molecule has 2 aromatic rings. The van der Waals surface area contributed by atoms with Crippen LogP contribution < -0.4 is 4.74 Å². The van der Waals surface area contributed by atoms with Crippen LogP contribution in [0.4, 0.5) is 0 Å². The predicted octanol–water partition coefficient (Wildman–Crippen LogP) is 4.37. The molecule has 25 heavy (non-hydrogen) atoms. The quantitative estimate of drug-likeness (QED) is 0.575. The van der Waals surface area contributed by atoms with Crippen LogP contribution in [-0.4, -0.2) is 23.2 Å². The molecule has 124 valence electrons. The number of fused-ring (bicyclic) bond motifs is 3. The zero-order chi connectivity index (χ0) is 16.8. The Morgan fingerprint density at radius 3 is 2.28 bits per heavy atom. The van der Waals surface area contributed by atoms with Crippen molar-refractivity contribution in [2.24, 2.45) is 4.99 Å². The van der Waals surface area contributed by atoms with Crippen molar-refractivity contribution in [2.75, 3.05) is 6.54 Å². The Morgan fingerprint density at radius 1 is 0.880 bits per heavy atom. The van der Waals surface area contributed by atoms with Gasteiger partial charge in [0.25, 0.3) is 5.91 Å². The molecule has 0 bridgehead atoms. The highest BCUT2D eigenvalue weighted by atomic mass is 16.5. The fourth-order valence-corrected chi connectivity index (χ4v) is 3.84. The Hall–Kier alpha value is -2.88. The Morgan fingerprint density at radius 2 is 1.56 bits per heavy atom. The van der Waals surface area contributed by atoms with Crippen LogP contribution in [0.15, 0.2) is 59.2 Å². The molecule has 0 saturated carbocycles. The third-order valence-electron chi connectivity index (χ3n) is 5.05. The number of aliphatic imine (C=N–C) groups is 1. The topological polar surface area (TPSA) is 41.9 Å². The summed E-state index contributed by atoms with van der Waals surface area (Å²) >= 11 is 0. The summed E-state index contributed by atoms with van der Waals surface area (Å²) in [4.78, 5) is 19.8. The fraction of sp³-hybridized carbons (Fsp3) is 0.238. The molecule has 0 spiro atoms. The van der Waals surface area contributed by atoms with Gasteiger partial charge in [-0.25, -0.2) is 4.99 Å². The van der Waals surface area contributed by atoms with Gasteiger partial charge >= 0.3 is 0 Å². The van der Waals surface area contributed by atoms with Crippen molar-refractivity contribution >= 4 is 17.3 Å². The van der Waals surface area contributed by atoms with Crippen LogP contribution in [0.5, 0.6) is 11.5 Å². The van der Waals surface area contributed by atoms with Crippen LogP contribution in [0.1, 0.15) is 36.8 Å². The first kappa shape index (κ1) is 14.5. The molecule has 4 heteroatoms. The van der Waals surface area contributed by atoms with Crippen LogP contribution in [0, 0.1) is 0 Å². The minimum absolute atomic E-state index is 0.0263. The molecule has 0 aromatic heterocycles. The highest BCUT2D eigenvalue weighted by Gasteiger charge is 2.35. The van der Waals surface area contributed by atoms with E-state index in [1.54, 1.807) is 0 Å². The number of benzene rings is 2. The molecule has 5 rings (SSSR count). The molecule has 3 aliphatic rings. The van der Waals surface area contributed by atoms with E-state index in [1.165, 1.54) is 0 Å². The van der Waals surface area contributed by atoms with Crippen molar-refractivity contribution in [3.63, 3.8) is 0 Å². The van der Waals surface area contributed by atoms with Crippen LogP contribution >= 0.6 is 0 Å². The number of ether oxygens (including phenoxy) is 1. The summed E-state index contributed by atoms with van der Waals surface area (Å²) in [6, 6.07) is 15.7. The predicted molar refractivity (Wildman–Crippen MR) is 96.6 cm³/mol. The normalized spacial score (nSPS) is 18.8. The first-order valence-corrected chi connectivity index (χ1v) is 8.83. The van der Waals surface area contributed by atoms with Gasteiger partial charge < -0.3 is 4.74 Å². The van der Waals surface area contributed by atoms with Gasteiger partial charge in [-0.3, -0.25) is 9.69 Å². The van der Waals surface area contributed by atoms with Crippen molar-refractivity contribution in [1.29, 1.82) is 0 Å². The molecule has 0 radical (unpaired) electrons. The second-order valence-corrected chi connectivity index (χ2v) is 6.61. The summed E-state index contributed by atoms with van der Waals surface area (Å²) in [5, 5.41) is 0. The summed E-state index contributed by atoms with van der Waals surface area (Å²) in [7, 11) is 0. The van der Waals surface area contributed by atoms with E-state index in [-0.39, 0.29) is 5.91 Å². The molecule has 2 aromatic carbocycles. The largest absolute Gasteiger partial charge is 0.456 e. The minimum atomic E-state index is 0.0263. The molecule has 4 nitrogen and oxygen atoms in total. The molecule has 1 fully saturated rings. The number of carbonyl (C=O) groups excluding carboxylic acids is 1. The summed E-state index contributed by atoms with van der Waals surface area (Å²) in [5.41, 5.74) is 3.32. The Balaban J connectivity index is 1.76. The third kappa shape index (κ3) is 2.21. The molecule has 0 N–H and O–H groups in total. The van der Waals surface area contributed by atoms with Gasteiger partial charge in [-0.1, -0.05) is 42.8 Å². The average molecular weight is 330 g/mol. The second kappa shape index (κ2) is 5.59. The molecule has 1 saturated heterocycles. The van der Waals surface area contributed by atoms with E-state index in [2.05, 4.69) is 0 Å². The van der Waals surface area contributed by atoms with Crippen LogP contribution in [0.2, 0.25) is 0 Å². The summed E-state index contributed by atoms with van der Waals surface area (Å²) < 4.78 is 6.03. The molecule has 3 aliphatic heterocycles. The zero-order valence-corrected chi connectivity index (χ0v) is 13.9. The van der Waals surface area contributed by atoms with E-state index in [4.69, 9.17) is 9.73 Å². The number of amides is 1. The van der Waals surface area contributed by atoms with Gasteiger partial charge in [-0.05, 0) is 25.0 Å². The van der Waals surface area contributed by atoms with Gasteiger partial charge in [-0.15, -0.1) is 0 Å². The van der Waals surface area contributed by atoms with Crippen LogP contribution in [0.3, 0.4) is 0 Å². The second-order valence-electron chi connectivity index (χ2n) is 6.61. The highest BCUT2D eigenvalue weighted by molar-refractivity contribution is 6.17. The van der Waals surface area contributed by atoms with Crippen LogP contribution in [-0.2, 0) is 4.79 Å². The monoisotopic (exact) mass is 330 g/mol.